The van der Waals surface area contributed by atoms with Crippen LogP contribution in [0.25, 0.3) is 11.0 Å². The number of para-hydroxylation sites is 2. The fraction of sp³-hybridized carbons (Fsp3) is 0.300. The van der Waals surface area contributed by atoms with Gasteiger partial charge in [-0.2, -0.15) is 0 Å². The van der Waals surface area contributed by atoms with Crippen molar-refractivity contribution >= 4 is 16.9 Å². The number of carbonyl (C=O) groups is 1. The monoisotopic (exact) mass is 351 g/mol. The number of nitrogens with zero attached hydrogens (tertiary/aromatic N) is 2. The maximum Gasteiger partial charge on any atom is 0.258 e. The van der Waals surface area contributed by atoms with Crippen LogP contribution in [-0.4, -0.2) is 41.5 Å². The van der Waals surface area contributed by atoms with E-state index in [0.29, 0.717) is 23.6 Å². The fourth-order valence-electron chi connectivity index (χ4n) is 3.56. The highest BCUT2D eigenvalue weighted by Gasteiger charge is 2.34. The van der Waals surface area contributed by atoms with Crippen molar-refractivity contribution in [1.82, 2.24) is 14.9 Å². The van der Waals surface area contributed by atoms with Crippen molar-refractivity contribution in [2.24, 2.45) is 0 Å². The average molecular weight is 351 g/mol. The molecule has 2 heterocycles. The lowest BCUT2D eigenvalue weighted by Gasteiger charge is -2.24. The molecule has 1 aliphatic heterocycles. The van der Waals surface area contributed by atoms with Crippen molar-refractivity contribution in [2.45, 2.75) is 18.9 Å². The molecule has 1 amide bonds. The maximum absolute atomic E-state index is 13.2. The second-order valence-corrected chi connectivity index (χ2v) is 6.36. The first-order valence-electron chi connectivity index (χ1n) is 8.69. The van der Waals surface area contributed by atoms with Crippen molar-refractivity contribution < 1.29 is 14.3 Å². The number of ether oxygens (including phenoxy) is 2. The highest BCUT2D eigenvalue weighted by atomic mass is 16.5. The van der Waals surface area contributed by atoms with Crippen LogP contribution in [0.5, 0.6) is 11.5 Å². The van der Waals surface area contributed by atoms with Gasteiger partial charge in [-0.3, -0.25) is 4.79 Å². The SMILES string of the molecule is COc1ccc(OC)c(C(=O)N2CCC[C@H]2c2nc3ccccc3[nH]2)c1. The number of methoxy groups -OCH3 is 2. The minimum atomic E-state index is -0.0660. The summed E-state index contributed by atoms with van der Waals surface area (Å²) in [4.78, 5) is 23.2. The quantitative estimate of drug-likeness (QED) is 0.780. The zero-order valence-electron chi connectivity index (χ0n) is 14.9. The van der Waals surface area contributed by atoms with Crippen molar-refractivity contribution in [2.75, 3.05) is 20.8 Å². The maximum atomic E-state index is 13.2. The number of benzene rings is 2. The zero-order chi connectivity index (χ0) is 18.1. The molecular weight excluding hydrogens is 330 g/mol. The number of hydrogen-bond acceptors (Lipinski definition) is 4. The molecule has 1 N–H and O–H groups in total. The average Bonchev–Trinajstić information content (AvgIpc) is 3.33. The molecule has 0 bridgehead atoms. The summed E-state index contributed by atoms with van der Waals surface area (Å²) in [6, 6.07) is 13.1. The van der Waals surface area contributed by atoms with Gasteiger partial charge in [0.2, 0.25) is 0 Å². The van der Waals surface area contributed by atoms with E-state index in [1.54, 1.807) is 32.4 Å². The van der Waals surface area contributed by atoms with Gasteiger partial charge in [0, 0.05) is 6.54 Å². The Labute approximate surface area is 151 Å². The number of imidazole rings is 1. The van der Waals surface area contributed by atoms with Crippen molar-refractivity contribution in [3.8, 4) is 11.5 Å². The van der Waals surface area contributed by atoms with E-state index in [1.165, 1.54) is 0 Å². The van der Waals surface area contributed by atoms with Crippen LogP contribution >= 0.6 is 0 Å². The van der Waals surface area contributed by atoms with Gasteiger partial charge < -0.3 is 19.4 Å². The summed E-state index contributed by atoms with van der Waals surface area (Å²) in [6.07, 6.45) is 1.83. The summed E-state index contributed by atoms with van der Waals surface area (Å²) in [5, 5.41) is 0. The second-order valence-electron chi connectivity index (χ2n) is 6.36. The Balaban J connectivity index is 1.69. The van der Waals surface area contributed by atoms with Gasteiger partial charge in [0.15, 0.2) is 0 Å². The lowest BCUT2D eigenvalue weighted by Crippen LogP contribution is -2.31. The Bertz CT molecular complexity index is 917. The third kappa shape index (κ3) is 2.77. The summed E-state index contributed by atoms with van der Waals surface area (Å²) in [5.41, 5.74) is 2.41. The molecule has 2 aromatic carbocycles. The van der Waals surface area contributed by atoms with Crippen LogP contribution in [0, 0.1) is 0 Å². The molecule has 0 saturated carbocycles. The molecule has 0 aliphatic carbocycles. The lowest BCUT2D eigenvalue weighted by molar-refractivity contribution is 0.0726. The highest BCUT2D eigenvalue weighted by molar-refractivity contribution is 5.97. The largest absolute Gasteiger partial charge is 0.497 e. The molecule has 134 valence electrons. The Morgan fingerprint density at radius 2 is 2.04 bits per heavy atom. The molecule has 26 heavy (non-hydrogen) atoms. The predicted octanol–water partition coefficient (Wildman–Crippen LogP) is 3.56. The van der Waals surface area contributed by atoms with Gasteiger partial charge in [-0.05, 0) is 43.2 Å². The molecule has 4 rings (SSSR count). The Morgan fingerprint density at radius 3 is 2.81 bits per heavy atom. The summed E-state index contributed by atoms with van der Waals surface area (Å²) in [6.45, 7) is 0.695. The van der Waals surface area contributed by atoms with E-state index in [0.717, 1.165) is 29.7 Å². The number of nitrogens with one attached hydrogen (secondary N) is 1. The number of likely N-dealkylation sites (tertiary alicyclic amines) is 1. The molecule has 3 aromatic rings. The second kappa shape index (κ2) is 6.71. The first-order valence-corrected chi connectivity index (χ1v) is 8.69. The number of rotatable bonds is 4. The van der Waals surface area contributed by atoms with Crippen molar-refractivity contribution in [3.05, 3.63) is 53.9 Å². The van der Waals surface area contributed by atoms with Crippen LogP contribution in [-0.2, 0) is 0 Å². The van der Waals surface area contributed by atoms with Gasteiger partial charge >= 0.3 is 0 Å². The molecule has 6 heteroatoms. The zero-order valence-corrected chi connectivity index (χ0v) is 14.9. The van der Waals surface area contributed by atoms with E-state index in [2.05, 4.69) is 4.98 Å². The molecule has 1 atom stereocenters. The molecule has 1 saturated heterocycles. The fourth-order valence-corrected chi connectivity index (χ4v) is 3.56. The number of hydrogen-bond donors (Lipinski definition) is 1. The van der Waals surface area contributed by atoms with Gasteiger partial charge in [-0.15, -0.1) is 0 Å². The van der Waals surface area contributed by atoms with Gasteiger partial charge in [0.25, 0.3) is 5.91 Å². The van der Waals surface area contributed by atoms with Crippen molar-refractivity contribution in [1.29, 1.82) is 0 Å². The number of H-pyrrole nitrogens is 1. The van der Waals surface area contributed by atoms with E-state index >= 15 is 0 Å². The first kappa shape index (κ1) is 16.4. The van der Waals surface area contributed by atoms with E-state index in [9.17, 15) is 4.79 Å². The minimum Gasteiger partial charge on any atom is -0.497 e. The molecule has 0 spiro atoms. The van der Waals surface area contributed by atoms with E-state index in [1.807, 2.05) is 29.2 Å². The van der Waals surface area contributed by atoms with E-state index in [-0.39, 0.29) is 11.9 Å². The molecule has 1 fully saturated rings. The first-order chi connectivity index (χ1) is 12.7. The normalized spacial score (nSPS) is 16.8. The van der Waals surface area contributed by atoms with Crippen LogP contribution in [0.3, 0.4) is 0 Å². The third-order valence-corrected chi connectivity index (χ3v) is 4.87. The number of fused-ring (bicyclic) bond motifs is 1. The molecule has 0 unspecified atom stereocenters. The third-order valence-electron chi connectivity index (χ3n) is 4.87. The molecule has 1 aliphatic rings. The Morgan fingerprint density at radius 1 is 1.19 bits per heavy atom. The van der Waals surface area contributed by atoms with E-state index in [4.69, 9.17) is 14.5 Å². The minimum absolute atomic E-state index is 0.0641. The molecule has 0 radical (unpaired) electrons. The standard InChI is InChI=1S/C20H21N3O3/c1-25-13-9-10-18(26-2)14(12-13)20(24)23-11-5-8-17(23)19-21-15-6-3-4-7-16(15)22-19/h3-4,6-7,9-10,12,17H,5,8,11H2,1-2H3,(H,21,22)/t17-/m0/s1. The summed E-state index contributed by atoms with van der Waals surface area (Å²) < 4.78 is 10.7. The van der Waals surface area contributed by atoms with Crippen LogP contribution < -0.4 is 9.47 Å². The van der Waals surface area contributed by atoms with Gasteiger partial charge in [0.1, 0.15) is 17.3 Å². The number of amides is 1. The van der Waals surface area contributed by atoms with Crippen LogP contribution in [0.15, 0.2) is 42.5 Å². The summed E-state index contributed by atoms with van der Waals surface area (Å²) >= 11 is 0. The smallest absolute Gasteiger partial charge is 0.258 e. The van der Waals surface area contributed by atoms with Crippen LogP contribution in [0.1, 0.15) is 35.1 Å². The van der Waals surface area contributed by atoms with E-state index < -0.39 is 0 Å². The number of aromatic nitrogens is 2. The van der Waals surface area contributed by atoms with Gasteiger partial charge in [0.05, 0.1) is 36.9 Å². The molecular formula is C20H21N3O3. The Kier molecular flexibility index (Phi) is 4.24. The number of aromatic amines is 1. The van der Waals surface area contributed by atoms with Gasteiger partial charge in [-0.1, -0.05) is 12.1 Å². The van der Waals surface area contributed by atoms with Crippen LogP contribution in [0.4, 0.5) is 0 Å². The highest BCUT2D eigenvalue weighted by Crippen LogP contribution is 2.35. The Hall–Kier alpha value is -3.02. The van der Waals surface area contributed by atoms with Crippen LogP contribution in [0.2, 0.25) is 0 Å². The van der Waals surface area contributed by atoms with Crippen molar-refractivity contribution in [3.63, 3.8) is 0 Å². The lowest BCUT2D eigenvalue weighted by atomic mass is 10.1. The topological polar surface area (TPSA) is 67.5 Å². The molecule has 6 nitrogen and oxygen atoms in total. The number of carbonyl (C=O) groups excluding carboxylic acids is 1. The summed E-state index contributed by atoms with van der Waals surface area (Å²) in [7, 11) is 3.16. The molecule has 1 aromatic heterocycles. The predicted molar refractivity (Wildman–Crippen MR) is 98.7 cm³/mol. The van der Waals surface area contributed by atoms with Gasteiger partial charge in [-0.25, -0.2) is 4.98 Å². The summed E-state index contributed by atoms with van der Waals surface area (Å²) in [5.74, 6) is 1.95.